The SMILES string of the molecule is CC1Cc2c(ncnc2Oc2ccc3c(ccn3C(=O)Nc3cc4n(n3)CCCC4(C)C)c2)CN1. The average molecular weight is 472 g/mol. The van der Waals surface area contributed by atoms with Crippen LogP contribution in [0.5, 0.6) is 11.6 Å². The fourth-order valence-electron chi connectivity index (χ4n) is 5.16. The number of benzene rings is 1. The van der Waals surface area contributed by atoms with Gasteiger partial charge in [-0.2, -0.15) is 5.10 Å². The van der Waals surface area contributed by atoms with Gasteiger partial charge in [0.15, 0.2) is 5.82 Å². The Labute approximate surface area is 203 Å². The van der Waals surface area contributed by atoms with E-state index in [0.717, 1.165) is 53.7 Å². The number of carbonyl (C=O) groups excluding carboxylic acids is 1. The molecule has 0 saturated heterocycles. The lowest BCUT2D eigenvalue weighted by atomic mass is 9.82. The van der Waals surface area contributed by atoms with Crippen molar-refractivity contribution >= 4 is 22.8 Å². The van der Waals surface area contributed by atoms with E-state index in [9.17, 15) is 4.79 Å². The second-order valence-electron chi connectivity index (χ2n) is 10.2. The first-order valence-corrected chi connectivity index (χ1v) is 12.1. The van der Waals surface area contributed by atoms with Crippen LogP contribution in [-0.4, -0.2) is 36.4 Å². The third kappa shape index (κ3) is 3.95. The van der Waals surface area contributed by atoms with Gasteiger partial charge in [-0.3, -0.25) is 14.6 Å². The van der Waals surface area contributed by atoms with Gasteiger partial charge in [0.05, 0.1) is 11.2 Å². The van der Waals surface area contributed by atoms with Gasteiger partial charge in [0.25, 0.3) is 0 Å². The molecule has 4 aromatic rings. The van der Waals surface area contributed by atoms with Crippen LogP contribution in [0, 0.1) is 0 Å². The molecule has 2 aliphatic rings. The van der Waals surface area contributed by atoms with Crippen molar-refractivity contribution in [3.63, 3.8) is 0 Å². The summed E-state index contributed by atoms with van der Waals surface area (Å²) in [5.41, 5.74) is 4.03. The number of rotatable bonds is 3. The smallest absolute Gasteiger partial charge is 0.331 e. The van der Waals surface area contributed by atoms with Gasteiger partial charge >= 0.3 is 6.03 Å². The van der Waals surface area contributed by atoms with Gasteiger partial charge in [-0.1, -0.05) is 13.8 Å². The van der Waals surface area contributed by atoms with Crippen LogP contribution in [0.3, 0.4) is 0 Å². The predicted molar refractivity (Wildman–Crippen MR) is 133 cm³/mol. The summed E-state index contributed by atoms with van der Waals surface area (Å²) in [6, 6.07) is 9.69. The molecule has 0 saturated carbocycles. The molecule has 3 aromatic heterocycles. The molecule has 5 heterocycles. The normalized spacial score (nSPS) is 18.7. The Morgan fingerprint density at radius 2 is 2.11 bits per heavy atom. The third-order valence-corrected chi connectivity index (χ3v) is 7.10. The average Bonchev–Trinajstić information content (AvgIpc) is 3.44. The molecule has 0 bridgehead atoms. The highest BCUT2D eigenvalue weighted by Crippen LogP contribution is 2.34. The lowest BCUT2D eigenvalue weighted by molar-refractivity contribution is 0.254. The molecular formula is C26H29N7O2. The molecule has 1 unspecified atom stereocenters. The predicted octanol–water partition coefficient (Wildman–Crippen LogP) is 4.61. The Morgan fingerprint density at radius 1 is 1.23 bits per heavy atom. The van der Waals surface area contributed by atoms with E-state index in [2.05, 4.69) is 46.5 Å². The van der Waals surface area contributed by atoms with Gasteiger partial charge in [0.2, 0.25) is 5.88 Å². The topological polar surface area (TPSA) is 98.9 Å². The van der Waals surface area contributed by atoms with E-state index in [1.807, 2.05) is 35.0 Å². The zero-order valence-corrected chi connectivity index (χ0v) is 20.2. The van der Waals surface area contributed by atoms with Crippen molar-refractivity contribution in [2.24, 2.45) is 0 Å². The number of hydrogen-bond donors (Lipinski definition) is 2. The van der Waals surface area contributed by atoms with Crippen molar-refractivity contribution < 1.29 is 9.53 Å². The van der Waals surface area contributed by atoms with E-state index in [-0.39, 0.29) is 11.4 Å². The molecule has 0 fully saturated rings. The first kappa shape index (κ1) is 21.8. The number of carbonyl (C=O) groups is 1. The zero-order chi connectivity index (χ0) is 24.2. The molecule has 9 heteroatoms. The van der Waals surface area contributed by atoms with Crippen LogP contribution in [0.2, 0.25) is 0 Å². The summed E-state index contributed by atoms with van der Waals surface area (Å²) in [5, 5.41) is 11.9. The summed E-state index contributed by atoms with van der Waals surface area (Å²) in [7, 11) is 0. The van der Waals surface area contributed by atoms with Crippen LogP contribution in [0.1, 0.15) is 50.6 Å². The van der Waals surface area contributed by atoms with E-state index in [1.165, 1.54) is 0 Å². The first-order chi connectivity index (χ1) is 16.9. The maximum atomic E-state index is 13.1. The molecule has 2 aliphatic heterocycles. The highest BCUT2D eigenvalue weighted by Gasteiger charge is 2.29. The van der Waals surface area contributed by atoms with Crippen molar-refractivity contribution in [2.75, 3.05) is 5.32 Å². The maximum absolute atomic E-state index is 13.1. The van der Waals surface area contributed by atoms with Gasteiger partial charge in [-0.15, -0.1) is 0 Å². The number of fused-ring (bicyclic) bond motifs is 3. The summed E-state index contributed by atoms with van der Waals surface area (Å²) >= 11 is 0. The molecule has 9 nitrogen and oxygen atoms in total. The summed E-state index contributed by atoms with van der Waals surface area (Å²) in [5.74, 6) is 1.84. The Kier molecular flexibility index (Phi) is 5.10. The van der Waals surface area contributed by atoms with Gasteiger partial charge in [0.1, 0.15) is 12.1 Å². The number of hydrogen-bond acceptors (Lipinski definition) is 6. The lowest BCUT2D eigenvalue weighted by Crippen LogP contribution is -2.33. The Balaban J connectivity index is 1.23. The fraction of sp³-hybridized carbons (Fsp3) is 0.385. The quantitative estimate of drug-likeness (QED) is 0.453. The molecule has 1 aromatic carbocycles. The molecule has 180 valence electrons. The summed E-state index contributed by atoms with van der Waals surface area (Å²) < 4.78 is 9.78. The minimum absolute atomic E-state index is 0.0578. The standard InChI is InChI=1S/C26H29N7O2/c1-16-11-19-20(14-27-16)28-15-29-24(19)35-18-5-6-21-17(12-18)7-10-32(21)25(34)30-23-13-22-26(2,3)8-4-9-33(22)31-23/h5-7,10,12-13,15-16,27H,4,8-9,11,14H2,1-3H3,(H,30,31,34). The van der Waals surface area contributed by atoms with Crippen LogP contribution >= 0.6 is 0 Å². The van der Waals surface area contributed by atoms with E-state index < -0.39 is 0 Å². The molecule has 1 amide bonds. The monoisotopic (exact) mass is 471 g/mol. The van der Waals surface area contributed by atoms with Crippen LogP contribution < -0.4 is 15.4 Å². The number of amides is 1. The fourth-order valence-corrected chi connectivity index (χ4v) is 5.16. The molecule has 1 atom stereocenters. The second-order valence-corrected chi connectivity index (χ2v) is 10.2. The Bertz CT molecular complexity index is 1440. The minimum atomic E-state index is -0.242. The van der Waals surface area contributed by atoms with E-state index in [0.29, 0.717) is 30.0 Å². The number of aromatic nitrogens is 5. The molecular weight excluding hydrogens is 442 g/mol. The van der Waals surface area contributed by atoms with Crippen molar-refractivity contribution in [1.29, 1.82) is 0 Å². The molecule has 35 heavy (non-hydrogen) atoms. The van der Waals surface area contributed by atoms with Gasteiger partial charge in [-0.25, -0.2) is 14.8 Å². The van der Waals surface area contributed by atoms with Crippen LogP contribution in [-0.2, 0) is 24.9 Å². The van der Waals surface area contributed by atoms with Crippen molar-refractivity contribution in [2.45, 2.75) is 64.6 Å². The van der Waals surface area contributed by atoms with Gasteiger partial charge in [-0.05, 0) is 50.5 Å². The third-order valence-electron chi connectivity index (χ3n) is 7.10. The number of nitrogens with zero attached hydrogens (tertiary/aromatic N) is 5. The number of nitrogens with one attached hydrogen (secondary N) is 2. The maximum Gasteiger partial charge on any atom is 0.331 e. The van der Waals surface area contributed by atoms with E-state index >= 15 is 0 Å². The van der Waals surface area contributed by atoms with Crippen LogP contribution in [0.15, 0.2) is 42.9 Å². The highest BCUT2D eigenvalue weighted by molar-refractivity contribution is 5.98. The molecule has 0 aliphatic carbocycles. The largest absolute Gasteiger partial charge is 0.439 e. The number of anilines is 1. The lowest BCUT2D eigenvalue weighted by Gasteiger charge is -2.30. The number of aryl methyl sites for hydroxylation is 1. The molecule has 2 N–H and O–H groups in total. The second kappa shape index (κ2) is 8.20. The molecule has 0 spiro atoms. The zero-order valence-electron chi connectivity index (χ0n) is 20.2. The summed E-state index contributed by atoms with van der Waals surface area (Å²) in [4.78, 5) is 21.8. The highest BCUT2D eigenvalue weighted by atomic mass is 16.5. The van der Waals surface area contributed by atoms with Crippen LogP contribution in [0.25, 0.3) is 10.9 Å². The van der Waals surface area contributed by atoms with E-state index in [1.54, 1.807) is 17.1 Å². The minimum Gasteiger partial charge on any atom is -0.439 e. The van der Waals surface area contributed by atoms with Crippen LogP contribution in [0.4, 0.5) is 10.6 Å². The van der Waals surface area contributed by atoms with Gasteiger partial charge in [0, 0.05) is 53.5 Å². The molecule has 0 radical (unpaired) electrons. The number of ether oxygens (including phenoxy) is 1. The Hall–Kier alpha value is -3.72. The Morgan fingerprint density at radius 3 is 2.97 bits per heavy atom. The van der Waals surface area contributed by atoms with Crippen molar-refractivity contribution in [1.82, 2.24) is 29.6 Å². The summed E-state index contributed by atoms with van der Waals surface area (Å²) in [6.07, 6.45) is 6.34. The summed E-state index contributed by atoms with van der Waals surface area (Å²) in [6.45, 7) is 8.18. The van der Waals surface area contributed by atoms with Crippen molar-refractivity contribution in [3.8, 4) is 11.6 Å². The van der Waals surface area contributed by atoms with Crippen molar-refractivity contribution in [3.05, 3.63) is 59.8 Å². The first-order valence-electron chi connectivity index (χ1n) is 12.1. The molecule has 6 rings (SSSR count). The van der Waals surface area contributed by atoms with E-state index in [4.69, 9.17) is 4.74 Å². The van der Waals surface area contributed by atoms with Gasteiger partial charge < -0.3 is 10.1 Å².